The summed E-state index contributed by atoms with van der Waals surface area (Å²) < 4.78 is 6.89. The molecule has 1 unspecified atom stereocenters. The Morgan fingerprint density at radius 2 is 2.06 bits per heavy atom. The standard InChI is InChI=1S/C13H18INO.HI/c1-13(10-14)11-15(7-8-16-13)9-12-5-3-2-4-6-12;/h2-6H,7-11H2,1H3;1H. The molecule has 0 radical (unpaired) electrons. The van der Waals surface area contributed by atoms with E-state index in [0.29, 0.717) is 0 Å². The van der Waals surface area contributed by atoms with Crippen molar-refractivity contribution in [3.63, 3.8) is 0 Å². The number of hydrogen-bond donors (Lipinski definition) is 0. The van der Waals surface area contributed by atoms with Gasteiger partial charge in [0.25, 0.3) is 0 Å². The minimum absolute atomic E-state index is 0. The van der Waals surface area contributed by atoms with Crippen LogP contribution in [0, 0.1) is 0 Å². The molecule has 2 rings (SSSR count). The van der Waals surface area contributed by atoms with Crippen molar-refractivity contribution in [2.45, 2.75) is 19.1 Å². The van der Waals surface area contributed by atoms with Crippen molar-refractivity contribution < 1.29 is 4.74 Å². The maximum atomic E-state index is 5.83. The van der Waals surface area contributed by atoms with E-state index >= 15 is 0 Å². The molecule has 1 aliphatic rings. The molecule has 96 valence electrons. The van der Waals surface area contributed by atoms with Crippen LogP contribution in [-0.2, 0) is 11.3 Å². The summed E-state index contributed by atoms with van der Waals surface area (Å²) in [4.78, 5) is 2.48. The first-order valence-electron chi connectivity index (χ1n) is 5.68. The number of nitrogens with zero attached hydrogens (tertiary/aromatic N) is 1. The Morgan fingerprint density at radius 3 is 2.71 bits per heavy atom. The second kappa shape index (κ2) is 7.25. The summed E-state index contributed by atoms with van der Waals surface area (Å²) >= 11 is 2.41. The van der Waals surface area contributed by atoms with Gasteiger partial charge in [0.05, 0.1) is 12.2 Å². The van der Waals surface area contributed by atoms with Crippen molar-refractivity contribution in [1.29, 1.82) is 0 Å². The van der Waals surface area contributed by atoms with Gasteiger partial charge in [0, 0.05) is 24.1 Å². The van der Waals surface area contributed by atoms with Crippen LogP contribution in [0.4, 0.5) is 0 Å². The van der Waals surface area contributed by atoms with E-state index in [-0.39, 0.29) is 29.6 Å². The molecule has 1 atom stereocenters. The lowest BCUT2D eigenvalue weighted by atomic mass is 10.1. The fourth-order valence-electron chi connectivity index (χ4n) is 2.08. The van der Waals surface area contributed by atoms with Crippen molar-refractivity contribution in [1.82, 2.24) is 4.90 Å². The number of benzene rings is 1. The van der Waals surface area contributed by atoms with E-state index < -0.39 is 0 Å². The van der Waals surface area contributed by atoms with Gasteiger partial charge >= 0.3 is 0 Å². The molecule has 0 amide bonds. The van der Waals surface area contributed by atoms with E-state index in [1.165, 1.54) is 5.56 Å². The Balaban J connectivity index is 0.00000144. The Bertz CT molecular complexity index is 333. The fraction of sp³-hybridized carbons (Fsp3) is 0.538. The van der Waals surface area contributed by atoms with Crippen molar-refractivity contribution in [2.24, 2.45) is 0 Å². The molecule has 0 N–H and O–H groups in total. The number of ether oxygens (including phenoxy) is 1. The van der Waals surface area contributed by atoms with Crippen molar-refractivity contribution in [2.75, 3.05) is 24.1 Å². The van der Waals surface area contributed by atoms with Crippen LogP contribution in [0.1, 0.15) is 12.5 Å². The van der Waals surface area contributed by atoms with E-state index in [0.717, 1.165) is 30.7 Å². The average Bonchev–Trinajstić information content (AvgIpc) is 2.30. The molecule has 0 aromatic heterocycles. The molecule has 17 heavy (non-hydrogen) atoms. The lowest BCUT2D eigenvalue weighted by Crippen LogP contribution is -2.50. The molecule has 2 nitrogen and oxygen atoms in total. The first-order chi connectivity index (χ1) is 7.72. The lowest BCUT2D eigenvalue weighted by molar-refractivity contribution is -0.0834. The molecule has 1 aromatic carbocycles. The van der Waals surface area contributed by atoms with Gasteiger partial charge in [-0.3, -0.25) is 4.90 Å². The minimum Gasteiger partial charge on any atom is -0.372 e. The highest BCUT2D eigenvalue weighted by Gasteiger charge is 2.30. The summed E-state index contributed by atoms with van der Waals surface area (Å²) in [7, 11) is 0. The topological polar surface area (TPSA) is 12.5 Å². The molecule has 1 fully saturated rings. The van der Waals surface area contributed by atoms with Crippen LogP contribution >= 0.6 is 46.6 Å². The quantitative estimate of drug-likeness (QED) is 0.509. The summed E-state index contributed by atoms with van der Waals surface area (Å²) in [5.41, 5.74) is 1.42. The van der Waals surface area contributed by atoms with Gasteiger partial charge in [0.2, 0.25) is 0 Å². The highest BCUT2D eigenvalue weighted by molar-refractivity contribution is 14.1. The molecule has 4 heteroatoms. The maximum Gasteiger partial charge on any atom is 0.0870 e. The third-order valence-electron chi connectivity index (χ3n) is 2.95. The van der Waals surface area contributed by atoms with Crippen LogP contribution in [0.5, 0.6) is 0 Å². The van der Waals surface area contributed by atoms with Crippen LogP contribution in [0.25, 0.3) is 0 Å². The van der Waals surface area contributed by atoms with Crippen LogP contribution < -0.4 is 0 Å². The molecule has 1 aromatic rings. The van der Waals surface area contributed by atoms with E-state index in [4.69, 9.17) is 4.74 Å². The molecule has 0 spiro atoms. The van der Waals surface area contributed by atoms with Gasteiger partial charge in [0.1, 0.15) is 0 Å². The van der Waals surface area contributed by atoms with Crippen molar-refractivity contribution >= 4 is 46.6 Å². The smallest absolute Gasteiger partial charge is 0.0870 e. The monoisotopic (exact) mass is 459 g/mol. The number of halogens is 2. The number of morpholine rings is 1. The number of hydrogen-bond acceptors (Lipinski definition) is 2. The molecule has 1 aliphatic heterocycles. The normalized spacial score (nSPS) is 25.3. The molecule has 1 saturated heterocycles. The first-order valence-corrected chi connectivity index (χ1v) is 7.21. The predicted octanol–water partition coefficient (Wildman–Crippen LogP) is 3.33. The summed E-state index contributed by atoms with van der Waals surface area (Å²) in [6.07, 6.45) is 0. The largest absolute Gasteiger partial charge is 0.372 e. The summed E-state index contributed by atoms with van der Waals surface area (Å²) in [6.45, 7) is 6.17. The predicted molar refractivity (Wildman–Crippen MR) is 90.4 cm³/mol. The van der Waals surface area contributed by atoms with E-state index in [2.05, 4.69) is 64.7 Å². The van der Waals surface area contributed by atoms with Crippen LogP contribution in [0.15, 0.2) is 30.3 Å². The zero-order valence-corrected chi connectivity index (χ0v) is 14.6. The third-order valence-corrected chi connectivity index (χ3v) is 4.56. The Labute approximate surface area is 134 Å². The molecule has 1 heterocycles. The summed E-state index contributed by atoms with van der Waals surface area (Å²) in [5.74, 6) is 0. The summed E-state index contributed by atoms with van der Waals surface area (Å²) in [6, 6.07) is 10.7. The fourth-order valence-corrected chi connectivity index (χ4v) is 2.54. The number of alkyl halides is 1. The van der Waals surface area contributed by atoms with Gasteiger partial charge < -0.3 is 4.74 Å². The molecule has 0 saturated carbocycles. The van der Waals surface area contributed by atoms with E-state index in [1.54, 1.807) is 0 Å². The van der Waals surface area contributed by atoms with Gasteiger partial charge in [-0.05, 0) is 12.5 Å². The van der Waals surface area contributed by atoms with Crippen LogP contribution in [-0.4, -0.2) is 34.6 Å². The molecular weight excluding hydrogens is 440 g/mol. The van der Waals surface area contributed by atoms with Gasteiger partial charge in [-0.15, -0.1) is 24.0 Å². The highest BCUT2D eigenvalue weighted by atomic mass is 127. The van der Waals surface area contributed by atoms with E-state index in [9.17, 15) is 0 Å². The second-order valence-corrected chi connectivity index (χ2v) is 5.39. The third kappa shape index (κ3) is 4.65. The van der Waals surface area contributed by atoms with Crippen LogP contribution in [0.3, 0.4) is 0 Å². The minimum atomic E-state index is 0. The van der Waals surface area contributed by atoms with Gasteiger partial charge in [-0.1, -0.05) is 52.9 Å². The van der Waals surface area contributed by atoms with Crippen LogP contribution in [0.2, 0.25) is 0 Å². The van der Waals surface area contributed by atoms with E-state index in [1.807, 2.05) is 0 Å². The average molecular weight is 459 g/mol. The molecule has 0 aliphatic carbocycles. The zero-order valence-electron chi connectivity index (χ0n) is 10.1. The SMILES string of the molecule is CC1(CI)CN(Cc2ccccc2)CCO1.I. The highest BCUT2D eigenvalue weighted by Crippen LogP contribution is 2.21. The summed E-state index contributed by atoms with van der Waals surface area (Å²) in [5, 5.41) is 0. The van der Waals surface area contributed by atoms with Gasteiger partial charge in [-0.2, -0.15) is 0 Å². The van der Waals surface area contributed by atoms with Gasteiger partial charge in [0.15, 0.2) is 0 Å². The molecular formula is C13H19I2NO. The van der Waals surface area contributed by atoms with Gasteiger partial charge in [-0.25, -0.2) is 0 Å². The maximum absolute atomic E-state index is 5.83. The van der Waals surface area contributed by atoms with Crippen molar-refractivity contribution in [3.05, 3.63) is 35.9 Å². The zero-order chi connectivity index (χ0) is 11.4. The van der Waals surface area contributed by atoms with Crippen molar-refractivity contribution in [3.8, 4) is 0 Å². The Morgan fingerprint density at radius 1 is 1.35 bits per heavy atom. The second-order valence-electron chi connectivity index (χ2n) is 4.63. The first kappa shape index (κ1) is 15.7. The Kier molecular flexibility index (Phi) is 6.68. The number of rotatable bonds is 3. The Hall–Kier alpha value is 0.600. The molecule has 0 bridgehead atoms. The lowest BCUT2D eigenvalue weighted by Gasteiger charge is -2.39.